The highest BCUT2D eigenvalue weighted by molar-refractivity contribution is 6.21. The fraction of sp³-hybridized carbons (Fsp3) is 0.278. The quantitative estimate of drug-likeness (QED) is 0.834. The number of rotatable bonds is 3. The van der Waals surface area contributed by atoms with Gasteiger partial charge in [0.1, 0.15) is 0 Å². The molecule has 0 spiro atoms. The van der Waals surface area contributed by atoms with E-state index in [9.17, 15) is 4.79 Å². The SMILES string of the molecule is CC(C)(c1ccccc1)C(Cl)c1ccc2c(c1)CC(=O)N2. The van der Waals surface area contributed by atoms with Gasteiger partial charge in [-0.2, -0.15) is 0 Å². The molecule has 1 aliphatic rings. The molecule has 1 atom stereocenters. The summed E-state index contributed by atoms with van der Waals surface area (Å²) in [5.41, 5.74) is 4.02. The van der Waals surface area contributed by atoms with E-state index in [1.165, 1.54) is 5.56 Å². The molecular formula is C18H18ClNO. The van der Waals surface area contributed by atoms with Crippen molar-refractivity contribution in [2.45, 2.75) is 31.1 Å². The molecule has 0 aliphatic carbocycles. The van der Waals surface area contributed by atoms with Crippen molar-refractivity contribution < 1.29 is 4.79 Å². The molecule has 0 saturated carbocycles. The van der Waals surface area contributed by atoms with Gasteiger partial charge in [0.2, 0.25) is 5.91 Å². The second-order valence-electron chi connectivity index (χ2n) is 6.09. The monoisotopic (exact) mass is 299 g/mol. The van der Waals surface area contributed by atoms with Crippen LogP contribution in [0.5, 0.6) is 0 Å². The number of fused-ring (bicyclic) bond motifs is 1. The van der Waals surface area contributed by atoms with E-state index in [0.29, 0.717) is 6.42 Å². The summed E-state index contributed by atoms with van der Waals surface area (Å²) in [6, 6.07) is 16.3. The highest BCUT2D eigenvalue weighted by Crippen LogP contribution is 2.42. The lowest BCUT2D eigenvalue weighted by Gasteiger charge is -2.31. The van der Waals surface area contributed by atoms with Crippen LogP contribution in [0, 0.1) is 0 Å². The summed E-state index contributed by atoms with van der Waals surface area (Å²) in [6.45, 7) is 4.30. The zero-order valence-electron chi connectivity index (χ0n) is 12.2. The maximum atomic E-state index is 11.5. The van der Waals surface area contributed by atoms with Crippen LogP contribution in [0.25, 0.3) is 0 Å². The second-order valence-corrected chi connectivity index (χ2v) is 6.53. The molecule has 1 unspecified atom stereocenters. The minimum atomic E-state index is -0.187. The lowest BCUT2D eigenvalue weighted by molar-refractivity contribution is -0.115. The minimum Gasteiger partial charge on any atom is -0.326 e. The van der Waals surface area contributed by atoms with Gasteiger partial charge in [-0.15, -0.1) is 11.6 Å². The molecule has 2 nitrogen and oxygen atoms in total. The Morgan fingerprint density at radius 1 is 1.14 bits per heavy atom. The third kappa shape index (κ3) is 2.56. The lowest BCUT2D eigenvalue weighted by Crippen LogP contribution is -2.23. The van der Waals surface area contributed by atoms with Gasteiger partial charge < -0.3 is 5.32 Å². The second kappa shape index (κ2) is 5.19. The largest absolute Gasteiger partial charge is 0.326 e. The van der Waals surface area contributed by atoms with Crippen LogP contribution in [0.4, 0.5) is 5.69 Å². The fourth-order valence-corrected chi connectivity index (χ4v) is 3.10. The summed E-state index contributed by atoms with van der Waals surface area (Å²) < 4.78 is 0. The van der Waals surface area contributed by atoms with Gasteiger partial charge >= 0.3 is 0 Å². The number of alkyl halides is 1. The average molecular weight is 300 g/mol. The molecule has 1 amide bonds. The molecule has 3 heteroatoms. The smallest absolute Gasteiger partial charge is 0.228 e. The molecule has 2 aromatic carbocycles. The Labute approximate surface area is 130 Å². The maximum Gasteiger partial charge on any atom is 0.228 e. The van der Waals surface area contributed by atoms with E-state index >= 15 is 0 Å². The Balaban J connectivity index is 1.94. The Morgan fingerprint density at radius 2 is 1.86 bits per heavy atom. The van der Waals surface area contributed by atoms with Gasteiger partial charge in [0.05, 0.1) is 11.8 Å². The number of carbonyl (C=O) groups is 1. The summed E-state index contributed by atoms with van der Waals surface area (Å²) in [6.07, 6.45) is 0.443. The summed E-state index contributed by atoms with van der Waals surface area (Å²) in [7, 11) is 0. The topological polar surface area (TPSA) is 29.1 Å². The van der Waals surface area contributed by atoms with Crippen molar-refractivity contribution in [3.8, 4) is 0 Å². The zero-order chi connectivity index (χ0) is 15.0. The normalized spacial score (nSPS) is 15.5. The van der Waals surface area contributed by atoms with Crippen LogP contribution < -0.4 is 5.32 Å². The Bertz CT molecular complexity index is 679. The molecule has 0 saturated heterocycles. The van der Waals surface area contributed by atoms with Crippen LogP contribution in [0.3, 0.4) is 0 Å². The van der Waals surface area contributed by atoms with Crippen molar-refractivity contribution in [1.82, 2.24) is 0 Å². The molecule has 21 heavy (non-hydrogen) atoms. The van der Waals surface area contributed by atoms with Crippen molar-refractivity contribution in [1.29, 1.82) is 0 Å². The molecule has 0 fully saturated rings. The third-order valence-corrected chi connectivity index (χ3v) is 5.00. The number of halogens is 1. The highest BCUT2D eigenvalue weighted by atomic mass is 35.5. The standard InChI is InChI=1S/C18H18ClNO/c1-18(2,14-6-4-3-5-7-14)17(19)12-8-9-15-13(10-12)11-16(21)20-15/h3-10,17H,11H2,1-2H3,(H,20,21). The van der Waals surface area contributed by atoms with E-state index in [1.54, 1.807) is 0 Å². The van der Waals surface area contributed by atoms with Crippen LogP contribution in [-0.2, 0) is 16.6 Å². The fourth-order valence-electron chi connectivity index (χ4n) is 2.84. The zero-order valence-corrected chi connectivity index (χ0v) is 12.9. The molecule has 1 heterocycles. The van der Waals surface area contributed by atoms with Gasteiger partial charge in [0, 0.05) is 11.1 Å². The number of hydrogen-bond donors (Lipinski definition) is 1. The van der Waals surface area contributed by atoms with Crippen molar-refractivity contribution >= 4 is 23.2 Å². The van der Waals surface area contributed by atoms with Crippen LogP contribution in [0.15, 0.2) is 48.5 Å². The van der Waals surface area contributed by atoms with Gasteiger partial charge in [-0.25, -0.2) is 0 Å². The molecule has 1 N–H and O–H groups in total. The minimum absolute atomic E-state index is 0.0515. The average Bonchev–Trinajstić information content (AvgIpc) is 2.86. The summed E-state index contributed by atoms with van der Waals surface area (Å²) in [5.74, 6) is 0.0515. The molecule has 0 aromatic heterocycles. The molecular weight excluding hydrogens is 282 g/mol. The van der Waals surface area contributed by atoms with Crippen LogP contribution >= 0.6 is 11.6 Å². The molecule has 3 rings (SSSR count). The van der Waals surface area contributed by atoms with Gasteiger partial charge in [-0.1, -0.05) is 56.3 Å². The number of carbonyl (C=O) groups excluding carboxylic acids is 1. The van der Waals surface area contributed by atoms with E-state index in [4.69, 9.17) is 11.6 Å². The summed E-state index contributed by atoms with van der Waals surface area (Å²) in [5, 5.41) is 2.70. The molecule has 0 bridgehead atoms. The Kier molecular flexibility index (Phi) is 3.50. The number of nitrogens with one attached hydrogen (secondary N) is 1. The lowest BCUT2D eigenvalue weighted by atomic mass is 9.78. The van der Waals surface area contributed by atoms with Gasteiger partial charge in [0.25, 0.3) is 0 Å². The predicted molar refractivity (Wildman–Crippen MR) is 86.8 cm³/mol. The number of amides is 1. The molecule has 2 aromatic rings. The highest BCUT2D eigenvalue weighted by Gasteiger charge is 2.32. The Morgan fingerprint density at radius 3 is 2.57 bits per heavy atom. The van der Waals surface area contributed by atoms with Gasteiger partial charge in [-0.05, 0) is 22.8 Å². The van der Waals surface area contributed by atoms with E-state index in [1.807, 2.05) is 30.3 Å². The first-order valence-corrected chi connectivity index (χ1v) is 7.54. The first kappa shape index (κ1) is 14.2. The predicted octanol–water partition coefficient (Wildman–Crippen LogP) is 4.44. The van der Waals surface area contributed by atoms with E-state index in [0.717, 1.165) is 16.8 Å². The van der Waals surface area contributed by atoms with Crippen molar-refractivity contribution in [3.05, 3.63) is 65.2 Å². The first-order chi connectivity index (χ1) is 9.98. The van der Waals surface area contributed by atoms with E-state index in [-0.39, 0.29) is 16.7 Å². The van der Waals surface area contributed by atoms with E-state index in [2.05, 4.69) is 37.4 Å². The number of anilines is 1. The summed E-state index contributed by atoms with van der Waals surface area (Å²) >= 11 is 6.77. The molecule has 108 valence electrons. The summed E-state index contributed by atoms with van der Waals surface area (Å²) in [4.78, 5) is 11.5. The number of benzene rings is 2. The van der Waals surface area contributed by atoms with Crippen LogP contribution in [-0.4, -0.2) is 5.91 Å². The van der Waals surface area contributed by atoms with E-state index < -0.39 is 0 Å². The van der Waals surface area contributed by atoms with Crippen molar-refractivity contribution in [2.75, 3.05) is 5.32 Å². The first-order valence-electron chi connectivity index (χ1n) is 7.11. The van der Waals surface area contributed by atoms with Crippen molar-refractivity contribution in [2.24, 2.45) is 0 Å². The molecule has 0 radical (unpaired) electrons. The van der Waals surface area contributed by atoms with Crippen molar-refractivity contribution in [3.63, 3.8) is 0 Å². The molecule has 1 aliphatic heterocycles. The third-order valence-electron chi connectivity index (χ3n) is 4.20. The van der Waals surface area contributed by atoms with Gasteiger partial charge in [0.15, 0.2) is 0 Å². The Hall–Kier alpha value is -1.80. The maximum absolute atomic E-state index is 11.5. The van der Waals surface area contributed by atoms with Gasteiger partial charge in [-0.3, -0.25) is 4.79 Å². The van der Waals surface area contributed by atoms with Crippen LogP contribution in [0.1, 0.15) is 35.9 Å². The van der Waals surface area contributed by atoms with Crippen LogP contribution in [0.2, 0.25) is 0 Å². The number of hydrogen-bond acceptors (Lipinski definition) is 1.